The number of benzene rings is 2. The van der Waals surface area contributed by atoms with Crippen molar-refractivity contribution < 1.29 is 14.3 Å². The lowest BCUT2D eigenvalue weighted by molar-refractivity contribution is -0.130. The molecule has 0 saturated heterocycles. The molecule has 0 saturated carbocycles. The fraction of sp³-hybridized carbons (Fsp3) is 0.333. The van der Waals surface area contributed by atoms with Crippen molar-refractivity contribution in [1.29, 1.82) is 0 Å². The molecular formula is C21H24N2O3. The molecule has 2 aromatic carbocycles. The van der Waals surface area contributed by atoms with Gasteiger partial charge in [0.25, 0.3) is 11.8 Å². The standard InChI is InChI=1S/C21H24N2O3/c1-23(2)20(24)14-26-19-11-9-18(10-12-19)22-21(25)17-8-7-15-5-3-4-6-16(15)13-17/h7-13H,3-6,14H2,1-2H3,(H,22,25). The zero-order valence-electron chi connectivity index (χ0n) is 15.2. The molecule has 0 spiro atoms. The minimum absolute atomic E-state index is 0.00612. The van der Waals surface area contributed by atoms with E-state index in [1.165, 1.54) is 28.9 Å². The molecule has 0 unspecified atom stereocenters. The van der Waals surface area contributed by atoms with Crippen molar-refractivity contribution in [3.8, 4) is 5.75 Å². The maximum absolute atomic E-state index is 12.5. The van der Waals surface area contributed by atoms with E-state index in [-0.39, 0.29) is 18.4 Å². The second kappa shape index (κ2) is 8.04. The van der Waals surface area contributed by atoms with Gasteiger partial charge in [0.15, 0.2) is 6.61 Å². The number of likely N-dealkylation sites (N-methyl/N-ethyl adjacent to an activating group) is 1. The summed E-state index contributed by atoms with van der Waals surface area (Å²) in [5.41, 5.74) is 4.03. The Hall–Kier alpha value is -2.82. The summed E-state index contributed by atoms with van der Waals surface area (Å²) in [6.45, 7) is -0.00612. The van der Waals surface area contributed by atoms with Gasteiger partial charge < -0.3 is 15.0 Å². The minimum atomic E-state index is -0.116. The first-order chi connectivity index (χ1) is 12.5. The lowest BCUT2D eigenvalue weighted by Gasteiger charge is -2.16. The van der Waals surface area contributed by atoms with Crippen LogP contribution in [0.4, 0.5) is 5.69 Å². The van der Waals surface area contributed by atoms with Crippen LogP contribution in [0.25, 0.3) is 0 Å². The number of carbonyl (C=O) groups is 2. The summed E-state index contributed by atoms with van der Waals surface area (Å²) in [5, 5.41) is 2.91. The predicted octanol–water partition coefficient (Wildman–Crippen LogP) is 3.28. The van der Waals surface area contributed by atoms with Gasteiger partial charge in [0.1, 0.15) is 5.75 Å². The van der Waals surface area contributed by atoms with E-state index in [0.717, 1.165) is 12.8 Å². The third-order valence-electron chi connectivity index (χ3n) is 4.58. The van der Waals surface area contributed by atoms with Gasteiger partial charge in [0.2, 0.25) is 0 Å². The number of amides is 2. The van der Waals surface area contributed by atoms with E-state index in [1.807, 2.05) is 12.1 Å². The van der Waals surface area contributed by atoms with Crippen molar-refractivity contribution in [2.24, 2.45) is 0 Å². The average Bonchev–Trinajstić information content (AvgIpc) is 2.66. The number of anilines is 1. The number of nitrogens with zero attached hydrogens (tertiary/aromatic N) is 1. The fourth-order valence-electron chi connectivity index (χ4n) is 2.99. The highest BCUT2D eigenvalue weighted by Crippen LogP contribution is 2.23. The highest BCUT2D eigenvalue weighted by Gasteiger charge is 2.13. The Balaban J connectivity index is 1.60. The molecule has 26 heavy (non-hydrogen) atoms. The van der Waals surface area contributed by atoms with Crippen molar-refractivity contribution in [2.45, 2.75) is 25.7 Å². The van der Waals surface area contributed by atoms with Gasteiger partial charge >= 0.3 is 0 Å². The van der Waals surface area contributed by atoms with Crippen molar-refractivity contribution >= 4 is 17.5 Å². The number of fused-ring (bicyclic) bond motifs is 1. The summed E-state index contributed by atoms with van der Waals surface area (Å²) < 4.78 is 5.43. The highest BCUT2D eigenvalue weighted by atomic mass is 16.5. The molecule has 136 valence electrons. The van der Waals surface area contributed by atoms with E-state index in [9.17, 15) is 9.59 Å². The number of ether oxygens (including phenoxy) is 1. The molecule has 1 aliphatic rings. The third-order valence-corrected chi connectivity index (χ3v) is 4.58. The maximum atomic E-state index is 12.5. The van der Waals surface area contributed by atoms with Crippen molar-refractivity contribution in [1.82, 2.24) is 4.90 Å². The molecule has 0 fully saturated rings. The third kappa shape index (κ3) is 4.42. The Bertz CT molecular complexity index is 797. The molecule has 0 aliphatic heterocycles. The van der Waals surface area contributed by atoms with E-state index in [4.69, 9.17) is 4.74 Å². The molecule has 0 atom stereocenters. The molecule has 0 heterocycles. The van der Waals surface area contributed by atoms with Gasteiger partial charge in [-0.2, -0.15) is 0 Å². The van der Waals surface area contributed by atoms with Crippen molar-refractivity contribution in [3.05, 3.63) is 59.2 Å². The van der Waals surface area contributed by atoms with Crippen LogP contribution in [0, 0.1) is 0 Å². The quantitative estimate of drug-likeness (QED) is 0.898. The van der Waals surface area contributed by atoms with Crippen molar-refractivity contribution in [3.63, 3.8) is 0 Å². The molecule has 1 N–H and O–H groups in total. The Morgan fingerprint density at radius 1 is 1.00 bits per heavy atom. The number of rotatable bonds is 5. The van der Waals surface area contributed by atoms with Gasteiger partial charge in [0.05, 0.1) is 0 Å². The molecule has 5 nitrogen and oxygen atoms in total. The van der Waals surface area contributed by atoms with Gasteiger partial charge in [0, 0.05) is 25.3 Å². The van der Waals surface area contributed by atoms with Crippen LogP contribution in [0.1, 0.15) is 34.3 Å². The highest BCUT2D eigenvalue weighted by molar-refractivity contribution is 6.04. The average molecular weight is 352 g/mol. The molecule has 2 amide bonds. The summed E-state index contributed by atoms with van der Waals surface area (Å²) in [5.74, 6) is 0.372. The number of aryl methyl sites for hydroxylation is 2. The first-order valence-corrected chi connectivity index (χ1v) is 8.89. The Morgan fingerprint density at radius 3 is 2.38 bits per heavy atom. The number of hydrogen-bond acceptors (Lipinski definition) is 3. The first-order valence-electron chi connectivity index (χ1n) is 8.89. The zero-order chi connectivity index (χ0) is 18.5. The summed E-state index contributed by atoms with van der Waals surface area (Å²) in [6, 6.07) is 13.0. The summed E-state index contributed by atoms with van der Waals surface area (Å²) in [6.07, 6.45) is 4.58. The topological polar surface area (TPSA) is 58.6 Å². The lowest BCUT2D eigenvalue weighted by Crippen LogP contribution is -2.27. The largest absolute Gasteiger partial charge is 0.484 e. The second-order valence-electron chi connectivity index (χ2n) is 6.75. The van der Waals surface area contributed by atoms with Gasteiger partial charge in [-0.1, -0.05) is 6.07 Å². The van der Waals surface area contributed by atoms with E-state index in [2.05, 4.69) is 11.4 Å². The Kier molecular flexibility index (Phi) is 5.56. The van der Waals surface area contributed by atoms with E-state index < -0.39 is 0 Å². The predicted molar refractivity (Wildman–Crippen MR) is 102 cm³/mol. The van der Waals surface area contributed by atoms with Crippen LogP contribution in [-0.4, -0.2) is 37.4 Å². The zero-order valence-corrected chi connectivity index (χ0v) is 15.2. The van der Waals surface area contributed by atoms with Gasteiger partial charge in [-0.15, -0.1) is 0 Å². The van der Waals surface area contributed by atoms with Crippen LogP contribution >= 0.6 is 0 Å². The van der Waals surface area contributed by atoms with Crippen LogP contribution in [0.2, 0.25) is 0 Å². The molecule has 0 aromatic heterocycles. The minimum Gasteiger partial charge on any atom is -0.484 e. The van der Waals surface area contributed by atoms with Crippen LogP contribution in [0.5, 0.6) is 5.75 Å². The number of carbonyl (C=O) groups excluding carboxylic acids is 2. The van der Waals surface area contributed by atoms with E-state index in [1.54, 1.807) is 38.4 Å². The lowest BCUT2D eigenvalue weighted by atomic mass is 9.90. The molecule has 5 heteroatoms. The monoisotopic (exact) mass is 352 g/mol. The molecule has 3 rings (SSSR count). The second-order valence-corrected chi connectivity index (χ2v) is 6.75. The van der Waals surface area contributed by atoms with Gasteiger partial charge in [-0.25, -0.2) is 0 Å². The van der Waals surface area contributed by atoms with Crippen LogP contribution in [0.3, 0.4) is 0 Å². The van der Waals surface area contributed by atoms with Gasteiger partial charge in [-0.05, 0) is 73.2 Å². The normalized spacial score (nSPS) is 12.8. The SMILES string of the molecule is CN(C)C(=O)COc1ccc(NC(=O)c2ccc3c(c2)CCCC3)cc1. The van der Waals surface area contributed by atoms with E-state index >= 15 is 0 Å². The molecule has 0 bridgehead atoms. The first kappa shape index (κ1) is 18.0. The van der Waals surface area contributed by atoms with Crippen LogP contribution in [-0.2, 0) is 17.6 Å². The summed E-state index contributed by atoms with van der Waals surface area (Å²) in [4.78, 5) is 25.5. The maximum Gasteiger partial charge on any atom is 0.259 e. The molecule has 1 aliphatic carbocycles. The number of hydrogen-bond donors (Lipinski definition) is 1. The fourth-order valence-corrected chi connectivity index (χ4v) is 2.99. The van der Waals surface area contributed by atoms with E-state index in [0.29, 0.717) is 17.0 Å². The van der Waals surface area contributed by atoms with Crippen LogP contribution < -0.4 is 10.1 Å². The van der Waals surface area contributed by atoms with Crippen LogP contribution in [0.15, 0.2) is 42.5 Å². The smallest absolute Gasteiger partial charge is 0.259 e. The van der Waals surface area contributed by atoms with Crippen molar-refractivity contribution in [2.75, 3.05) is 26.0 Å². The Morgan fingerprint density at radius 2 is 1.69 bits per heavy atom. The van der Waals surface area contributed by atoms with Gasteiger partial charge in [-0.3, -0.25) is 9.59 Å². The summed E-state index contributed by atoms with van der Waals surface area (Å²) >= 11 is 0. The Labute approximate surface area is 154 Å². The molecular weight excluding hydrogens is 328 g/mol. The number of nitrogens with one attached hydrogen (secondary N) is 1. The summed E-state index contributed by atoms with van der Waals surface area (Å²) in [7, 11) is 3.37. The molecule has 0 radical (unpaired) electrons. The molecule has 2 aromatic rings.